The van der Waals surface area contributed by atoms with Crippen molar-refractivity contribution in [2.45, 2.75) is 32.2 Å². The van der Waals surface area contributed by atoms with Gasteiger partial charge < -0.3 is 15.2 Å². The third kappa shape index (κ3) is 6.82. The van der Waals surface area contributed by atoms with Gasteiger partial charge in [0, 0.05) is 18.4 Å². The summed E-state index contributed by atoms with van der Waals surface area (Å²) >= 11 is 0. The van der Waals surface area contributed by atoms with Crippen LogP contribution in [0.1, 0.15) is 25.3 Å². The van der Waals surface area contributed by atoms with Gasteiger partial charge in [-0.1, -0.05) is 13.0 Å². The van der Waals surface area contributed by atoms with Crippen LogP contribution >= 0.6 is 0 Å². The van der Waals surface area contributed by atoms with Gasteiger partial charge in [-0.15, -0.1) is 0 Å². The van der Waals surface area contributed by atoms with E-state index in [9.17, 15) is 8.42 Å². The van der Waals surface area contributed by atoms with Crippen molar-refractivity contribution in [3.8, 4) is 11.5 Å². The molecular formula is C15H25NO4S. The Morgan fingerprint density at radius 3 is 2.62 bits per heavy atom. The standard InChI is InChI=1S/C15H25NO4S/c1-4-13(16)10-12-6-7-14(19-2)11-15(12)20-8-5-9-21(3,17)18/h6-7,11,13H,4-5,8-10,16H2,1-3H3. The molecular weight excluding hydrogens is 290 g/mol. The topological polar surface area (TPSA) is 78.6 Å². The van der Waals surface area contributed by atoms with Crippen LogP contribution < -0.4 is 15.2 Å². The minimum Gasteiger partial charge on any atom is -0.497 e. The molecule has 1 rings (SSSR count). The summed E-state index contributed by atoms with van der Waals surface area (Å²) in [5, 5.41) is 0. The molecule has 2 N–H and O–H groups in total. The summed E-state index contributed by atoms with van der Waals surface area (Å²) in [6, 6.07) is 5.72. The number of rotatable bonds is 9. The fourth-order valence-corrected chi connectivity index (χ4v) is 2.54. The lowest BCUT2D eigenvalue weighted by molar-refractivity contribution is 0.311. The highest BCUT2D eigenvalue weighted by Crippen LogP contribution is 2.26. The molecule has 0 radical (unpaired) electrons. The van der Waals surface area contributed by atoms with E-state index in [2.05, 4.69) is 0 Å². The molecule has 1 aromatic rings. The van der Waals surface area contributed by atoms with E-state index in [1.54, 1.807) is 7.11 Å². The Bertz CT molecular complexity index is 543. The maximum absolute atomic E-state index is 11.1. The Hall–Kier alpha value is -1.27. The number of nitrogens with two attached hydrogens (primary N) is 1. The van der Waals surface area contributed by atoms with Crippen molar-refractivity contribution >= 4 is 9.84 Å². The first-order valence-corrected chi connectivity index (χ1v) is 9.14. The van der Waals surface area contributed by atoms with Gasteiger partial charge in [0.2, 0.25) is 0 Å². The van der Waals surface area contributed by atoms with Crippen molar-refractivity contribution in [1.82, 2.24) is 0 Å². The second kappa shape index (κ2) is 8.24. The minimum absolute atomic E-state index is 0.0803. The second-order valence-corrected chi connectivity index (χ2v) is 7.44. The Labute approximate surface area is 127 Å². The van der Waals surface area contributed by atoms with Crippen LogP contribution in [-0.4, -0.2) is 40.2 Å². The van der Waals surface area contributed by atoms with Crippen LogP contribution in [0.4, 0.5) is 0 Å². The molecule has 1 atom stereocenters. The molecule has 21 heavy (non-hydrogen) atoms. The van der Waals surface area contributed by atoms with Crippen LogP contribution in [0.15, 0.2) is 18.2 Å². The number of benzene rings is 1. The summed E-state index contributed by atoms with van der Waals surface area (Å²) in [6.07, 6.45) is 3.31. The molecule has 0 fully saturated rings. The summed E-state index contributed by atoms with van der Waals surface area (Å²) < 4.78 is 33.1. The van der Waals surface area contributed by atoms with Gasteiger partial charge in [-0.05, 0) is 30.9 Å². The van der Waals surface area contributed by atoms with Crippen molar-refractivity contribution in [2.75, 3.05) is 25.7 Å². The molecule has 0 saturated carbocycles. The molecule has 6 heteroatoms. The van der Waals surface area contributed by atoms with Crippen LogP contribution in [0.25, 0.3) is 0 Å². The molecule has 1 unspecified atom stereocenters. The Morgan fingerprint density at radius 2 is 2.05 bits per heavy atom. The summed E-state index contributed by atoms with van der Waals surface area (Å²) in [5.74, 6) is 1.55. The number of hydrogen-bond donors (Lipinski definition) is 1. The summed E-state index contributed by atoms with van der Waals surface area (Å²) in [4.78, 5) is 0. The molecule has 0 spiro atoms. The number of sulfone groups is 1. The molecule has 0 aliphatic heterocycles. The van der Waals surface area contributed by atoms with E-state index in [1.807, 2.05) is 25.1 Å². The van der Waals surface area contributed by atoms with Gasteiger partial charge >= 0.3 is 0 Å². The zero-order valence-electron chi connectivity index (χ0n) is 13.0. The number of methoxy groups -OCH3 is 1. The molecule has 0 aromatic heterocycles. The normalized spacial score (nSPS) is 13.0. The summed E-state index contributed by atoms with van der Waals surface area (Å²) in [7, 11) is -1.35. The van der Waals surface area contributed by atoms with Crippen LogP contribution in [0.3, 0.4) is 0 Å². The van der Waals surface area contributed by atoms with Crippen molar-refractivity contribution < 1.29 is 17.9 Å². The van der Waals surface area contributed by atoms with E-state index in [0.29, 0.717) is 24.5 Å². The highest BCUT2D eigenvalue weighted by molar-refractivity contribution is 7.90. The second-order valence-electron chi connectivity index (χ2n) is 5.18. The Kier molecular flexibility index (Phi) is 6.98. The number of hydrogen-bond acceptors (Lipinski definition) is 5. The van der Waals surface area contributed by atoms with Gasteiger partial charge in [-0.2, -0.15) is 0 Å². The van der Waals surface area contributed by atoms with Gasteiger partial charge in [-0.25, -0.2) is 8.42 Å². The maximum Gasteiger partial charge on any atom is 0.147 e. The van der Waals surface area contributed by atoms with Gasteiger partial charge in [0.25, 0.3) is 0 Å². The van der Waals surface area contributed by atoms with E-state index in [-0.39, 0.29) is 11.8 Å². The molecule has 0 heterocycles. The molecule has 0 saturated heterocycles. The SMILES string of the molecule is CCC(N)Cc1ccc(OC)cc1OCCCS(C)(=O)=O. The lowest BCUT2D eigenvalue weighted by Crippen LogP contribution is -2.21. The third-order valence-electron chi connectivity index (χ3n) is 3.20. The smallest absolute Gasteiger partial charge is 0.147 e. The quantitative estimate of drug-likeness (QED) is 0.703. The minimum atomic E-state index is -2.95. The van der Waals surface area contributed by atoms with Gasteiger partial charge in [0.1, 0.15) is 21.3 Å². The van der Waals surface area contributed by atoms with Gasteiger partial charge in [0.15, 0.2) is 0 Å². The first-order chi connectivity index (χ1) is 9.85. The average Bonchev–Trinajstić information content (AvgIpc) is 2.43. The van der Waals surface area contributed by atoms with E-state index < -0.39 is 9.84 Å². The Balaban J connectivity index is 2.72. The zero-order chi connectivity index (χ0) is 15.9. The van der Waals surface area contributed by atoms with Crippen molar-refractivity contribution in [3.05, 3.63) is 23.8 Å². The van der Waals surface area contributed by atoms with Crippen LogP contribution in [0.2, 0.25) is 0 Å². The largest absolute Gasteiger partial charge is 0.497 e. The predicted octanol–water partition coefficient (Wildman–Crippen LogP) is 1.79. The van der Waals surface area contributed by atoms with Crippen molar-refractivity contribution in [3.63, 3.8) is 0 Å². The first kappa shape index (κ1) is 17.8. The van der Waals surface area contributed by atoms with Crippen LogP contribution in [0, 0.1) is 0 Å². The molecule has 0 amide bonds. The van der Waals surface area contributed by atoms with E-state index >= 15 is 0 Å². The summed E-state index contributed by atoms with van der Waals surface area (Å²) in [5.41, 5.74) is 7.01. The van der Waals surface area contributed by atoms with Crippen molar-refractivity contribution in [2.24, 2.45) is 5.73 Å². The molecule has 0 aliphatic rings. The fraction of sp³-hybridized carbons (Fsp3) is 0.600. The number of ether oxygens (including phenoxy) is 2. The molecule has 0 aliphatic carbocycles. The fourth-order valence-electron chi connectivity index (χ4n) is 1.89. The monoisotopic (exact) mass is 315 g/mol. The molecule has 120 valence electrons. The molecule has 1 aromatic carbocycles. The highest BCUT2D eigenvalue weighted by atomic mass is 32.2. The van der Waals surface area contributed by atoms with Crippen molar-refractivity contribution in [1.29, 1.82) is 0 Å². The predicted molar refractivity (Wildman–Crippen MR) is 84.8 cm³/mol. The van der Waals surface area contributed by atoms with E-state index in [4.69, 9.17) is 15.2 Å². The van der Waals surface area contributed by atoms with Crippen LogP contribution in [-0.2, 0) is 16.3 Å². The van der Waals surface area contributed by atoms with Crippen LogP contribution in [0.5, 0.6) is 11.5 Å². The first-order valence-electron chi connectivity index (χ1n) is 7.08. The lowest BCUT2D eigenvalue weighted by Gasteiger charge is -2.15. The third-order valence-corrected chi connectivity index (χ3v) is 4.23. The van der Waals surface area contributed by atoms with E-state index in [1.165, 1.54) is 6.26 Å². The van der Waals surface area contributed by atoms with E-state index in [0.717, 1.165) is 18.4 Å². The van der Waals surface area contributed by atoms with Gasteiger partial charge in [0.05, 0.1) is 19.5 Å². The molecule has 0 bridgehead atoms. The molecule has 5 nitrogen and oxygen atoms in total. The lowest BCUT2D eigenvalue weighted by atomic mass is 10.0. The Morgan fingerprint density at radius 1 is 1.33 bits per heavy atom. The highest BCUT2D eigenvalue weighted by Gasteiger charge is 2.10. The zero-order valence-corrected chi connectivity index (χ0v) is 13.8. The summed E-state index contributed by atoms with van der Waals surface area (Å²) in [6.45, 7) is 2.40. The maximum atomic E-state index is 11.1. The average molecular weight is 315 g/mol. The van der Waals surface area contributed by atoms with Gasteiger partial charge in [-0.3, -0.25) is 0 Å².